The molecule has 0 saturated carbocycles. The van der Waals surface area contributed by atoms with Crippen molar-refractivity contribution >= 4 is 17.6 Å². The number of rotatable bonds is 11. The molecule has 39 heavy (non-hydrogen) atoms. The third kappa shape index (κ3) is 8.17. The van der Waals surface area contributed by atoms with Crippen molar-refractivity contribution in [1.29, 1.82) is 0 Å². The van der Waals surface area contributed by atoms with Crippen molar-refractivity contribution in [3.05, 3.63) is 77.7 Å². The van der Waals surface area contributed by atoms with E-state index in [9.17, 15) is 22.8 Å². The average Bonchev–Trinajstić information content (AvgIpc) is 3.42. The molecule has 0 fully saturated rings. The molecule has 8 nitrogen and oxygen atoms in total. The van der Waals surface area contributed by atoms with Crippen molar-refractivity contribution in [1.82, 2.24) is 9.80 Å². The molecule has 0 aliphatic rings. The summed E-state index contributed by atoms with van der Waals surface area (Å²) in [6, 6.07) is 12.2. The molecule has 0 saturated heterocycles. The molecule has 1 N–H and O–H groups in total. The van der Waals surface area contributed by atoms with Crippen LogP contribution in [0.4, 0.5) is 23.7 Å². The van der Waals surface area contributed by atoms with Crippen molar-refractivity contribution in [2.24, 2.45) is 0 Å². The summed E-state index contributed by atoms with van der Waals surface area (Å²) in [5.74, 6) is 1.38. The molecule has 0 spiro atoms. The van der Waals surface area contributed by atoms with Crippen LogP contribution in [0, 0.1) is 0 Å². The Morgan fingerprint density at radius 2 is 1.74 bits per heavy atom. The van der Waals surface area contributed by atoms with Crippen molar-refractivity contribution in [2.45, 2.75) is 39.0 Å². The van der Waals surface area contributed by atoms with Crippen LogP contribution in [0.1, 0.15) is 30.7 Å². The van der Waals surface area contributed by atoms with Crippen LogP contribution in [0.2, 0.25) is 0 Å². The van der Waals surface area contributed by atoms with E-state index in [0.717, 1.165) is 17.7 Å². The normalized spacial score (nSPS) is 11.3. The maximum absolute atomic E-state index is 13.4. The SMILES string of the molecule is COc1ccc(CCN(Cc2ccco2)C(=O)CN(C(=O)Nc2cccc(C(F)(F)F)c2)C(C)C)cc1OC. The van der Waals surface area contributed by atoms with Gasteiger partial charge in [-0.05, 0) is 68.3 Å². The third-order valence-electron chi connectivity index (χ3n) is 6.03. The fourth-order valence-corrected chi connectivity index (χ4v) is 3.89. The fourth-order valence-electron chi connectivity index (χ4n) is 3.89. The van der Waals surface area contributed by atoms with Crippen molar-refractivity contribution in [3.8, 4) is 11.5 Å². The molecule has 3 rings (SSSR count). The topological polar surface area (TPSA) is 84.2 Å². The quantitative estimate of drug-likeness (QED) is 0.327. The Balaban J connectivity index is 1.74. The Labute approximate surface area is 225 Å². The number of carbonyl (C=O) groups is 2. The second-order valence-electron chi connectivity index (χ2n) is 9.06. The van der Waals surface area contributed by atoms with Gasteiger partial charge in [-0.2, -0.15) is 13.2 Å². The first-order valence-electron chi connectivity index (χ1n) is 12.3. The van der Waals surface area contributed by atoms with E-state index in [-0.39, 0.29) is 24.7 Å². The van der Waals surface area contributed by atoms with Crippen LogP contribution in [0.5, 0.6) is 11.5 Å². The molecule has 0 unspecified atom stereocenters. The number of amides is 3. The van der Waals surface area contributed by atoms with Crippen LogP contribution >= 0.6 is 0 Å². The number of furan rings is 1. The zero-order valence-electron chi connectivity index (χ0n) is 22.2. The Kier molecular flexibility index (Phi) is 9.86. The Bertz CT molecular complexity index is 1250. The van der Waals surface area contributed by atoms with Crippen LogP contribution in [0.25, 0.3) is 0 Å². The largest absolute Gasteiger partial charge is 0.493 e. The molecule has 1 aromatic heterocycles. The van der Waals surface area contributed by atoms with Gasteiger partial charge in [0.1, 0.15) is 12.3 Å². The van der Waals surface area contributed by atoms with E-state index >= 15 is 0 Å². The van der Waals surface area contributed by atoms with Gasteiger partial charge in [-0.1, -0.05) is 12.1 Å². The van der Waals surface area contributed by atoms with Gasteiger partial charge in [-0.25, -0.2) is 4.79 Å². The summed E-state index contributed by atoms with van der Waals surface area (Å²) in [6.45, 7) is 3.66. The van der Waals surface area contributed by atoms with Gasteiger partial charge in [-0.15, -0.1) is 0 Å². The van der Waals surface area contributed by atoms with E-state index in [1.165, 1.54) is 23.3 Å². The summed E-state index contributed by atoms with van der Waals surface area (Å²) in [6.07, 6.45) is -2.55. The molecule has 3 aromatic rings. The number of urea groups is 1. The first-order valence-corrected chi connectivity index (χ1v) is 12.3. The number of nitrogens with one attached hydrogen (secondary N) is 1. The second-order valence-corrected chi connectivity index (χ2v) is 9.06. The highest BCUT2D eigenvalue weighted by atomic mass is 19.4. The summed E-state index contributed by atoms with van der Waals surface area (Å²) in [5.41, 5.74) is 0.00831. The number of anilines is 1. The summed E-state index contributed by atoms with van der Waals surface area (Å²) in [4.78, 5) is 29.3. The molecule has 11 heteroatoms. The maximum atomic E-state index is 13.4. The minimum atomic E-state index is -4.55. The molecule has 0 aliphatic heterocycles. The van der Waals surface area contributed by atoms with Gasteiger partial charge in [0.2, 0.25) is 5.91 Å². The highest BCUT2D eigenvalue weighted by Gasteiger charge is 2.31. The molecule has 0 atom stereocenters. The van der Waals surface area contributed by atoms with Crippen LogP contribution in [-0.2, 0) is 23.9 Å². The van der Waals surface area contributed by atoms with Crippen LogP contribution in [0.3, 0.4) is 0 Å². The Morgan fingerprint density at radius 1 is 1.00 bits per heavy atom. The van der Waals surface area contributed by atoms with E-state index in [1.807, 2.05) is 12.1 Å². The van der Waals surface area contributed by atoms with E-state index < -0.39 is 23.8 Å². The molecule has 0 radical (unpaired) electrons. The number of methoxy groups -OCH3 is 2. The number of alkyl halides is 3. The number of hydrogen-bond donors (Lipinski definition) is 1. The van der Waals surface area contributed by atoms with Gasteiger partial charge in [-0.3, -0.25) is 4.79 Å². The minimum absolute atomic E-state index is 0.0196. The van der Waals surface area contributed by atoms with Gasteiger partial charge in [0.15, 0.2) is 11.5 Å². The van der Waals surface area contributed by atoms with Crippen LogP contribution < -0.4 is 14.8 Å². The Morgan fingerprint density at radius 3 is 2.36 bits per heavy atom. The number of halogens is 3. The summed E-state index contributed by atoms with van der Waals surface area (Å²) in [5, 5.41) is 2.48. The van der Waals surface area contributed by atoms with Gasteiger partial charge in [0.05, 0.1) is 32.6 Å². The summed E-state index contributed by atoms with van der Waals surface area (Å²) in [7, 11) is 3.09. The summed E-state index contributed by atoms with van der Waals surface area (Å²) >= 11 is 0. The smallest absolute Gasteiger partial charge is 0.416 e. The van der Waals surface area contributed by atoms with Gasteiger partial charge >= 0.3 is 12.2 Å². The van der Waals surface area contributed by atoms with Crippen molar-refractivity contribution in [3.63, 3.8) is 0 Å². The zero-order chi connectivity index (χ0) is 28.6. The molecule has 2 aromatic carbocycles. The molecule has 3 amide bonds. The Hall–Kier alpha value is -4.15. The van der Waals surface area contributed by atoms with Gasteiger partial charge in [0, 0.05) is 18.3 Å². The maximum Gasteiger partial charge on any atom is 0.416 e. The number of carbonyl (C=O) groups excluding carboxylic acids is 2. The van der Waals surface area contributed by atoms with Crippen molar-refractivity contribution in [2.75, 3.05) is 32.6 Å². The molecule has 210 valence electrons. The number of benzene rings is 2. The lowest BCUT2D eigenvalue weighted by Gasteiger charge is -2.30. The molecule has 0 bridgehead atoms. The monoisotopic (exact) mass is 547 g/mol. The fraction of sp³-hybridized carbons (Fsp3) is 0.357. The standard InChI is InChI=1S/C28H32F3N3O5/c1-19(2)34(27(36)32-22-8-5-7-21(16-22)28(29,30)31)18-26(35)33(17-23-9-6-14-39-23)13-12-20-10-11-24(37-3)25(15-20)38-4/h5-11,14-16,19H,12-13,17-18H2,1-4H3,(H,32,36). The lowest BCUT2D eigenvalue weighted by Crippen LogP contribution is -2.47. The molecule has 1 heterocycles. The average molecular weight is 548 g/mol. The molecule has 0 aliphatic carbocycles. The van der Waals surface area contributed by atoms with Gasteiger partial charge < -0.3 is 29.0 Å². The lowest BCUT2D eigenvalue weighted by molar-refractivity contribution is -0.137. The van der Waals surface area contributed by atoms with Crippen LogP contribution in [0.15, 0.2) is 65.3 Å². The first kappa shape index (κ1) is 29.4. The highest BCUT2D eigenvalue weighted by Crippen LogP contribution is 2.31. The number of ether oxygens (including phenoxy) is 2. The highest BCUT2D eigenvalue weighted by molar-refractivity contribution is 5.92. The second kappa shape index (κ2) is 13.1. The predicted molar refractivity (Wildman–Crippen MR) is 140 cm³/mol. The molecular formula is C28H32F3N3O5. The third-order valence-corrected chi connectivity index (χ3v) is 6.03. The van der Waals surface area contributed by atoms with E-state index in [4.69, 9.17) is 13.9 Å². The van der Waals surface area contributed by atoms with E-state index in [0.29, 0.717) is 30.2 Å². The summed E-state index contributed by atoms with van der Waals surface area (Å²) < 4.78 is 55.3. The minimum Gasteiger partial charge on any atom is -0.493 e. The van der Waals surface area contributed by atoms with Crippen LogP contribution in [-0.4, -0.2) is 55.1 Å². The predicted octanol–water partition coefficient (Wildman–Crippen LogP) is 5.83. The van der Waals surface area contributed by atoms with Gasteiger partial charge in [0.25, 0.3) is 0 Å². The van der Waals surface area contributed by atoms with Crippen molar-refractivity contribution < 1.29 is 36.7 Å². The lowest BCUT2D eigenvalue weighted by atomic mass is 10.1. The zero-order valence-corrected chi connectivity index (χ0v) is 22.2. The molecular weight excluding hydrogens is 515 g/mol. The number of hydrogen-bond acceptors (Lipinski definition) is 5. The number of nitrogens with zero attached hydrogens (tertiary/aromatic N) is 2. The van der Waals surface area contributed by atoms with E-state index in [2.05, 4.69) is 5.32 Å². The first-order chi connectivity index (χ1) is 18.5. The van der Waals surface area contributed by atoms with E-state index in [1.54, 1.807) is 51.2 Å².